The van der Waals surface area contributed by atoms with E-state index in [2.05, 4.69) is 15.1 Å². The third kappa shape index (κ3) is 6.32. The molecule has 21 heavy (non-hydrogen) atoms. The minimum Gasteiger partial charge on any atom is -0.395 e. The van der Waals surface area contributed by atoms with Gasteiger partial charge in [0.15, 0.2) is 0 Å². The van der Waals surface area contributed by atoms with Crippen molar-refractivity contribution in [3.63, 3.8) is 0 Å². The van der Waals surface area contributed by atoms with Gasteiger partial charge in [-0.25, -0.2) is 0 Å². The maximum Gasteiger partial charge on any atom is 0.234 e. The molecule has 0 aromatic heterocycles. The van der Waals surface area contributed by atoms with Gasteiger partial charge in [0.25, 0.3) is 0 Å². The van der Waals surface area contributed by atoms with Gasteiger partial charge in [0, 0.05) is 39.3 Å². The first-order chi connectivity index (χ1) is 10.3. The minimum absolute atomic E-state index is 0.168. The first kappa shape index (κ1) is 16.7. The number of amides is 1. The molecule has 2 N–H and O–H groups in total. The van der Waals surface area contributed by atoms with Crippen LogP contribution in [0.2, 0.25) is 0 Å². The lowest BCUT2D eigenvalue weighted by molar-refractivity contribution is -0.122. The maximum absolute atomic E-state index is 12.0. The lowest BCUT2D eigenvalue weighted by Gasteiger charge is -2.33. The number of carbonyl (C=O) groups is 1. The number of carbonyl (C=O) groups excluding carboxylic acids is 1. The van der Waals surface area contributed by atoms with Crippen molar-refractivity contribution in [2.24, 2.45) is 5.92 Å². The Balaban J connectivity index is 1.53. The molecular weight excluding hydrogens is 266 g/mol. The van der Waals surface area contributed by atoms with Crippen LogP contribution in [0.15, 0.2) is 0 Å². The van der Waals surface area contributed by atoms with Crippen LogP contribution in [0.5, 0.6) is 0 Å². The molecule has 1 aliphatic carbocycles. The van der Waals surface area contributed by atoms with Crippen molar-refractivity contribution < 1.29 is 9.90 Å². The Hall–Kier alpha value is -0.650. The summed E-state index contributed by atoms with van der Waals surface area (Å²) in [6, 6.07) is 0. The summed E-state index contributed by atoms with van der Waals surface area (Å²) in [6.45, 7) is 6.10. The summed E-state index contributed by atoms with van der Waals surface area (Å²) in [5.41, 5.74) is 0. The summed E-state index contributed by atoms with van der Waals surface area (Å²) in [7, 11) is 0. The number of piperazine rings is 1. The molecule has 5 heteroatoms. The smallest absolute Gasteiger partial charge is 0.234 e. The molecule has 1 saturated heterocycles. The van der Waals surface area contributed by atoms with E-state index in [-0.39, 0.29) is 12.5 Å². The number of rotatable bonds is 7. The second-order valence-corrected chi connectivity index (χ2v) is 6.48. The first-order valence-electron chi connectivity index (χ1n) is 8.60. The van der Waals surface area contributed by atoms with Gasteiger partial charge in [-0.05, 0) is 12.3 Å². The molecule has 0 aromatic rings. The van der Waals surface area contributed by atoms with E-state index in [1.807, 2.05) is 0 Å². The van der Waals surface area contributed by atoms with E-state index in [9.17, 15) is 4.79 Å². The zero-order valence-electron chi connectivity index (χ0n) is 13.2. The number of hydrogen-bond acceptors (Lipinski definition) is 4. The van der Waals surface area contributed by atoms with Crippen LogP contribution in [-0.2, 0) is 4.79 Å². The van der Waals surface area contributed by atoms with Gasteiger partial charge in [-0.2, -0.15) is 0 Å². The molecule has 1 aliphatic heterocycles. The van der Waals surface area contributed by atoms with Gasteiger partial charge in [-0.15, -0.1) is 0 Å². The third-order valence-corrected chi connectivity index (χ3v) is 4.85. The van der Waals surface area contributed by atoms with Crippen molar-refractivity contribution in [3.8, 4) is 0 Å². The Morgan fingerprint density at radius 2 is 1.71 bits per heavy atom. The molecule has 2 aliphatic rings. The van der Waals surface area contributed by atoms with Crippen molar-refractivity contribution in [1.29, 1.82) is 0 Å². The lowest BCUT2D eigenvalue weighted by Crippen LogP contribution is -2.50. The molecular formula is C16H31N3O2. The van der Waals surface area contributed by atoms with E-state index in [1.54, 1.807) is 0 Å². The zero-order chi connectivity index (χ0) is 14.9. The third-order valence-electron chi connectivity index (χ3n) is 4.85. The van der Waals surface area contributed by atoms with E-state index >= 15 is 0 Å². The normalized spacial score (nSPS) is 22.3. The predicted octanol–water partition coefficient (Wildman–Crippen LogP) is 0.683. The van der Waals surface area contributed by atoms with Crippen LogP contribution in [-0.4, -0.2) is 73.2 Å². The number of β-amino-alcohol motifs (C(OH)–C–C–N with tert-alkyl or cyclic N) is 1. The Bertz CT molecular complexity index is 298. The first-order valence-corrected chi connectivity index (χ1v) is 8.60. The number of hydrogen-bond donors (Lipinski definition) is 2. The summed E-state index contributed by atoms with van der Waals surface area (Å²) in [4.78, 5) is 16.4. The number of aliphatic hydroxyl groups is 1. The zero-order valence-corrected chi connectivity index (χ0v) is 13.2. The van der Waals surface area contributed by atoms with Gasteiger partial charge in [-0.1, -0.05) is 32.1 Å². The van der Waals surface area contributed by atoms with Crippen molar-refractivity contribution in [2.45, 2.75) is 38.5 Å². The fraction of sp³-hybridized carbons (Fsp3) is 0.938. The van der Waals surface area contributed by atoms with E-state index < -0.39 is 0 Å². The quantitative estimate of drug-likeness (QED) is 0.726. The van der Waals surface area contributed by atoms with Gasteiger partial charge in [0.2, 0.25) is 5.91 Å². The van der Waals surface area contributed by atoms with Gasteiger partial charge in [-0.3, -0.25) is 14.6 Å². The maximum atomic E-state index is 12.0. The number of nitrogens with zero attached hydrogens (tertiary/aromatic N) is 2. The molecule has 0 atom stereocenters. The average Bonchev–Trinajstić information content (AvgIpc) is 2.51. The topological polar surface area (TPSA) is 55.8 Å². The Labute approximate surface area is 128 Å². The number of aliphatic hydroxyl groups excluding tert-OH is 1. The second kappa shape index (κ2) is 9.38. The minimum atomic E-state index is 0.168. The largest absolute Gasteiger partial charge is 0.395 e. The van der Waals surface area contributed by atoms with Crippen LogP contribution in [0, 0.1) is 5.92 Å². The van der Waals surface area contributed by atoms with Crippen molar-refractivity contribution in [3.05, 3.63) is 0 Å². The van der Waals surface area contributed by atoms with Crippen LogP contribution < -0.4 is 5.32 Å². The van der Waals surface area contributed by atoms with Crippen molar-refractivity contribution in [2.75, 3.05) is 52.4 Å². The molecule has 0 bridgehead atoms. The van der Waals surface area contributed by atoms with Crippen LogP contribution >= 0.6 is 0 Å². The summed E-state index contributed by atoms with van der Waals surface area (Å²) in [5.74, 6) is 1.00. The van der Waals surface area contributed by atoms with E-state index in [0.29, 0.717) is 6.54 Å². The van der Waals surface area contributed by atoms with Crippen LogP contribution in [0.1, 0.15) is 38.5 Å². The highest BCUT2D eigenvalue weighted by molar-refractivity contribution is 5.77. The highest BCUT2D eigenvalue weighted by Crippen LogP contribution is 2.25. The molecule has 1 amide bonds. The molecule has 0 radical (unpaired) electrons. The lowest BCUT2D eigenvalue weighted by atomic mass is 9.87. The molecule has 1 saturated carbocycles. The summed E-state index contributed by atoms with van der Waals surface area (Å²) in [5, 5.41) is 12.0. The molecule has 0 spiro atoms. The van der Waals surface area contributed by atoms with Gasteiger partial charge in [0.05, 0.1) is 13.2 Å². The van der Waals surface area contributed by atoms with Gasteiger partial charge >= 0.3 is 0 Å². The van der Waals surface area contributed by atoms with Crippen molar-refractivity contribution in [1.82, 2.24) is 15.1 Å². The van der Waals surface area contributed by atoms with Crippen LogP contribution in [0.25, 0.3) is 0 Å². The van der Waals surface area contributed by atoms with Crippen LogP contribution in [0.3, 0.4) is 0 Å². The van der Waals surface area contributed by atoms with Gasteiger partial charge in [0.1, 0.15) is 0 Å². The summed E-state index contributed by atoms with van der Waals surface area (Å²) < 4.78 is 0. The highest BCUT2D eigenvalue weighted by Gasteiger charge is 2.18. The Kier molecular flexibility index (Phi) is 7.47. The molecule has 2 fully saturated rings. The predicted molar refractivity (Wildman–Crippen MR) is 84.2 cm³/mol. The van der Waals surface area contributed by atoms with E-state index in [4.69, 9.17) is 5.11 Å². The highest BCUT2D eigenvalue weighted by atomic mass is 16.3. The monoisotopic (exact) mass is 297 g/mol. The fourth-order valence-electron chi connectivity index (χ4n) is 3.46. The van der Waals surface area contributed by atoms with Gasteiger partial charge < -0.3 is 10.4 Å². The molecule has 2 rings (SSSR count). The second-order valence-electron chi connectivity index (χ2n) is 6.48. The molecule has 1 heterocycles. The molecule has 5 nitrogen and oxygen atoms in total. The SMILES string of the molecule is O=C(CN1CCN(CCO)CC1)NCCC1CCCCC1. The van der Waals surface area contributed by atoms with Crippen molar-refractivity contribution >= 4 is 5.91 Å². The fourth-order valence-corrected chi connectivity index (χ4v) is 3.46. The Morgan fingerprint density at radius 3 is 2.38 bits per heavy atom. The summed E-state index contributed by atoms with van der Waals surface area (Å²) in [6.07, 6.45) is 7.99. The average molecular weight is 297 g/mol. The van der Waals surface area contributed by atoms with E-state index in [0.717, 1.165) is 51.6 Å². The standard InChI is InChI=1S/C16H31N3O2/c20-13-12-18-8-10-19(11-9-18)14-16(21)17-7-6-15-4-2-1-3-5-15/h15,20H,1-14H2,(H,17,21). The molecule has 122 valence electrons. The summed E-state index contributed by atoms with van der Waals surface area (Å²) >= 11 is 0. The number of nitrogens with one attached hydrogen (secondary N) is 1. The van der Waals surface area contributed by atoms with E-state index in [1.165, 1.54) is 32.1 Å². The molecule has 0 unspecified atom stereocenters. The molecule has 0 aromatic carbocycles. The van der Waals surface area contributed by atoms with Crippen LogP contribution in [0.4, 0.5) is 0 Å². The Morgan fingerprint density at radius 1 is 1.05 bits per heavy atom.